The highest BCUT2D eigenvalue weighted by atomic mass is 35.5. The molecule has 1 nitrogen and oxygen atoms in total. The zero-order valence-electron chi connectivity index (χ0n) is 10.3. The standard InChI is InChI=1S/C14H15Cl2NS/c1-3-17-13(14-12(16)6-7-18-14)11-8-10(15)5-4-9(11)2/h4-8,13,17H,3H2,1-2H3. The van der Waals surface area contributed by atoms with Gasteiger partial charge in [-0.05, 0) is 48.2 Å². The topological polar surface area (TPSA) is 12.0 Å². The number of nitrogens with one attached hydrogen (secondary N) is 1. The summed E-state index contributed by atoms with van der Waals surface area (Å²) in [6, 6.07) is 8.02. The summed E-state index contributed by atoms with van der Waals surface area (Å²) in [7, 11) is 0. The fraction of sp³-hybridized carbons (Fsp3) is 0.286. The van der Waals surface area contributed by atoms with Crippen LogP contribution in [0.5, 0.6) is 0 Å². The van der Waals surface area contributed by atoms with Gasteiger partial charge >= 0.3 is 0 Å². The Labute approximate surface area is 122 Å². The molecule has 0 aliphatic heterocycles. The Bertz CT molecular complexity index is 536. The van der Waals surface area contributed by atoms with E-state index >= 15 is 0 Å². The minimum absolute atomic E-state index is 0.112. The molecule has 1 heterocycles. The van der Waals surface area contributed by atoms with E-state index in [1.165, 1.54) is 11.1 Å². The summed E-state index contributed by atoms with van der Waals surface area (Å²) in [4.78, 5) is 1.14. The van der Waals surface area contributed by atoms with E-state index in [1.807, 2.05) is 29.6 Å². The second-order valence-electron chi connectivity index (χ2n) is 4.12. The molecule has 18 heavy (non-hydrogen) atoms. The lowest BCUT2D eigenvalue weighted by molar-refractivity contribution is 0.637. The van der Waals surface area contributed by atoms with Crippen molar-refractivity contribution in [2.24, 2.45) is 0 Å². The number of thiophene rings is 1. The predicted octanol–water partition coefficient (Wildman–Crippen LogP) is 5.06. The normalized spacial score (nSPS) is 12.7. The van der Waals surface area contributed by atoms with Crippen LogP contribution in [0.3, 0.4) is 0 Å². The maximum atomic E-state index is 6.25. The third-order valence-corrected chi connectivity index (χ3v) is 4.53. The van der Waals surface area contributed by atoms with E-state index in [0.717, 1.165) is 21.5 Å². The molecule has 0 saturated carbocycles. The average Bonchev–Trinajstić information content (AvgIpc) is 2.76. The average molecular weight is 300 g/mol. The molecule has 0 radical (unpaired) electrons. The van der Waals surface area contributed by atoms with Gasteiger partial charge in [-0.3, -0.25) is 0 Å². The van der Waals surface area contributed by atoms with Crippen LogP contribution < -0.4 is 5.32 Å². The van der Waals surface area contributed by atoms with Gasteiger partial charge in [0.2, 0.25) is 0 Å². The minimum Gasteiger partial charge on any atom is -0.306 e. The van der Waals surface area contributed by atoms with Crippen molar-refractivity contribution in [3.63, 3.8) is 0 Å². The molecule has 0 spiro atoms. The van der Waals surface area contributed by atoms with Gasteiger partial charge in [0.15, 0.2) is 0 Å². The second-order valence-corrected chi connectivity index (χ2v) is 5.92. The minimum atomic E-state index is 0.112. The van der Waals surface area contributed by atoms with Gasteiger partial charge in [-0.15, -0.1) is 11.3 Å². The molecule has 1 aromatic carbocycles. The summed E-state index contributed by atoms with van der Waals surface area (Å²) in [6.07, 6.45) is 0. The first-order chi connectivity index (χ1) is 8.63. The Morgan fingerprint density at radius 3 is 2.67 bits per heavy atom. The van der Waals surface area contributed by atoms with Crippen molar-refractivity contribution in [2.45, 2.75) is 19.9 Å². The summed E-state index contributed by atoms with van der Waals surface area (Å²) < 4.78 is 0. The van der Waals surface area contributed by atoms with E-state index in [-0.39, 0.29) is 6.04 Å². The van der Waals surface area contributed by atoms with Crippen molar-refractivity contribution in [2.75, 3.05) is 6.54 Å². The molecule has 1 N–H and O–H groups in total. The van der Waals surface area contributed by atoms with Crippen LogP contribution in [0, 0.1) is 6.92 Å². The fourth-order valence-electron chi connectivity index (χ4n) is 1.98. The van der Waals surface area contributed by atoms with Gasteiger partial charge in [0.05, 0.1) is 11.1 Å². The molecule has 2 rings (SSSR count). The Balaban J connectivity index is 2.48. The van der Waals surface area contributed by atoms with Crippen LogP contribution in [0.1, 0.15) is 29.0 Å². The van der Waals surface area contributed by atoms with Crippen LogP contribution in [0.2, 0.25) is 10.0 Å². The molecule has 0 saturated heterocycles. The maximum Gasteiger partial charge on any atom is 0.0689 e. The first kappa shape index (κ1) is 13.9. The van der Waals surface area contributed by atoms with Gasteiger partial charge in [-0.1, -0.05) is 36.2 Å². The molecule has 0 amide bonds. The third-order valence-electron chi connectivity index (χ3n) is 2.87. The molecule has 0 fully saturated rings. The SMILES string of the molecule is CCNC(c1cc(Cl)ccc1C)c1sccc1Cl. The first-order valence-corrected chi connectivity index (χ1v) is 7.49. The fourth-order valence-corrected chi connectivity index (χ4v) is 3.42. The van der Waals surface area contributed by atoms with E-state index in [1.54, 1.807) is 11.3 Å². The molecule has 1 unspecified atom stereocenters. The van der Waals surface area contributed by atoms with Crippen LogP contribution in [0.4, 0.5) is 0 Å². The molecule has 96 valence electrons. The Kier molecular flexibility index (Phi) is 4.68. The highest BCUT2D eigenvalue weighted by Gasteiger charge is 2.19. The monoisotopic (exact) mass is 299 g/mol. The molecular weight excluding hydrogens is 285 g/mol. The molecule has 1 aromatic heterocycles. The lowest BCUT2D eigenvalue weighted by Crippen LogP contribution is -2.22. The van der Waals surface area contributed by atoms with E-state index in [0.29, 0.717) is 0 Å². The van der Waals surface area contributed by atoms with Crippen molar-refractivity contribution >= 4 is 34.5 Å². The second kappa shape index (κ2) is 6.07. The molecule has 1 atom stereocenters. The van der Waals surface area contributed by atoms with E-state index in [9.17, 15) is 0 Å². The van der Waals surface area contributed by atoms with E-state index in [4.69, 9.17) is 23.2 Å². The van der Waals surface area contributed by atoms with Gasteiger partial charge in [-0.25, -0.2) is 0 Å². The zero-order valence-corrected chi connectivity index (χ0v) is 12.7. The van der Waals surface area contributed by atoms with Crippen LogP contribution in [0.15, 0.2) is 29.6 Å². The van der Waals surface area contributed by atoms with Crippen molar-refractivity contribution in [3.8, 4) is 0 Å². The summed E-state index contributed by atoms with van der Waals surface area (Å²) in [6.45, 7) is 5.07. The van der Waals surface area contributed by atoms with Gasteiger partial charge in [-0.2, -0.15) is 0 Å². The smallest absolute Gasteiger partial charge is 0.0689 e. The van der Waals surface area contributed by atoms with Gasteiger partial charge in [0.1, 0.15) is 0 Å². The lowest BCUT2D eigenvalue weighted by Gasteiger charge is -2.20. The summed E-state index contributed by atoms with van der Waals surface area (Å²) >= 11 is 14.0. The van der Waals surface area contributed by atoms with Crippen LogP contribution in [-0.2, 0) is 0 Å². The van der Waals surface area contributed by atoms with E-state index in [2.05, 4.69) is 19.2 Å². The number of hydrogen-bond donors (Lipinski definition) is 1. The van der Waals surface area contributed by atoms with Crippen LogP contribution >= 0.6 is 34.5 Å². The highest BCUT2D eigenvalue weighted by Crippen LogP contribution is 2.35. The molecular formula is C14H15Cl2NS. The number of hydrogen-bond acceptors (Lipinski definition) is 2. The summed E-state index contributed by atoms with van der Waals surface area (Å²) in [5, 5.41) is 7.06. The molecule has 0 aliphatic carbocycles. The zero-order chi connectivity index (χ0) is 13.1. The summed E-state index contributed by atoms with van der Waals surface area (Å²) in [5.74, 6) is 0. The van der Waals surface area contributed by atoms with Crippen LogP contribution in [0.25, 0.3) is 0 Å². The third kappa shape index (κ3) is 2.89. The number of rotatable bonds is 4. The highest BCUT2D eigenvalue weighted by molar-refractivity contribution is 7.10. The number of benzene rings is 1. The van der Waals surface area contributed by atoms with Crippen LogP contribution in [-0.4, -0.2) is 6.54 Å². The van der Waals surface area contributed by atoms with Crippen molar-refractivity contribution in [3.05, 3.63) is 55.7 Å². The largest absolute Gasteiger partial charge is 0.306 e. The predicted molar refractivity (Wildman–Crippen MR) is 81.0 cm³/mol. The summed E-state index contributed by atoms with van der Waals surface area (Å²) in [5.41, 5.74) is 2.41. The first-order valence-electron chi connectivity index (χ1n) is 5.85. The molecule has 0 aliphatic rings. The van der Waals surface area contributed by atoms with Gasteiger partial charge < -0.3 is 5.32 Å². The number of halogens is 2. The Hall–Kier alpha value is -0.540. The van der Waals surface area contributed by atoms with Crippen molar-refractivity contribution < 1.29 is 0 Å². The van der Waals surface area contributed by atoms with E-state index < -0.39 is 0 Å². The Morgan fingerprint density at radius 1 is 1.28 bits per heavy atom. The molecule has 2 aromatic rings. The number of aryl methyl sites for hydroxylation is 1. The maximum absolute atomic E-state index is 6.25. The van der Waals surface area contributed by atoms with Gasteiger partial charge in [0.25, 0.3) is 0 Å². The van der Waals surface area contributed by atoms with Crippen molar-refractivity contribution in [1.29, 1.82) is 0 Å². The Morgan fingerprint density at radius 2 is 2.06 bits per heavy atom. The lowest BCUT2D eigenvalue weighted by atomic mass is 10.00. The molecule has 4 heteroatoms. The van der Waals surface area contributed by atoms with Gasteiger partial charge in [0, 0.05) is 9.90 Å². The van der Waals surface area contributed by atoms with Crippen molar-refractivity contribution in [1.82, 2.24) is 5.32 Å². The quantitative estimate of drug-likeness (QED) is 0.832. The molecule has 0 bridgehead atoms.